The molecule has 0 aliphatic rings. The number of nitrogens with zero attached hydrogens (tertiary/aromatic N) is 2. The Labute approximate surface area is 158 Å². The largest absolute Gasteiger partial charge is 0.356 e. The van der Waals surface area contributed by atoms with Crippen molar-refractivity contribution in [3.8, 4) is 0 Å². The molecule has 6 nitrogen and oxygen atoms in total. The Bertz CT molecular complexity index is 555. The number of carbonyl (C=O) groups is 1. The van der Waals surface area contributed by atoms with E-state index in [1.807, 2.05) is 24.3 Å². The SMILES string of the molecule is CCN(CC)CCCCNC(=NC)NCCc1cccc(C(=O)NC)c1. The maximum Gasteiger partial charge on any atom is 0.251 e. The summed E-state index contributed by atoms with van der Waals surface area (Å²) in [4.78, 5) is 18.4. The lowest BCUT2D eigenvalue weighted by Gasteiger charge is -2.18. The summed E-state index contributed by atoms with van der Waals surface area (Å²) in [5.41, 5.74) is 1.83. The second-order valence-electron chi connectivity index (χ2n) is 6.19. The molecule has 6 heteroatoms. The van der Waals surface area contributed by atoms with Crippen molar-refractivity contribution < 1.29 is 4.79 Å². The van der Waals surface area contributed by atoms with E-state index in [4.69, 9.17) is 0 Å². The highest BCUT2D eigenvalue weighted by atomic mass is 16.1. The summed E-state index contributed by atoms with van der Waals surface area (Å²) < 4.78 is 0. The van der Waals surface area contributed by atoms with Crippen molar-refractivity contribution in [1.82, 2.24) is 20.9 Å². The standard InChI is InChI=1S/C20H35N5O/c1-5-25(6-2)15-8-7-13-23-20(22-4)24-14-12-17-10-9-11-18(16-17)19(26)21-3/h9-11,16H,5-8,12-15H2,1-4H3,(H,21,26)(H2,22,23,24). The molecule has 0 aliphatic heterocycles. The molecule has 1 amide bonds. The van der Waals surface area contributed by atoms with Crippen LogP contribution in [-0.2, 0) is 6.42 Å². The number of benzene rings is 1. The zero-order valence-electron chi connectivity index (χ0n) is 16.8. The summed E-state index contributed by atoms with van der Waals surface area (Å²) in [6.07, 6.45) is 3.16. The summed E-state index contributed by atoms with van der Waals surface area (Å²) in [5, 5.41) is 9.34. The molecule has 0 saturated carbocycles. The number of unbranched alkanes of at least 4 members (excludes halogenated alkanes) is 1. The minimum Gasteiger partial charge on any atom is -0.356 e. The van der Waals surface area contributed by atoms with Crippen molar-refractivity contribution >= 4 is 11.9 Å². The molecule has 0 bridgehead atoms. The molecule has 0 spiro atoms. The van der Waals surface area contributed by atoms with Crippen molar-refractivity contribution in [2.45, 2.75) is 33.1 Å². The topological polar surface area (TPSA) is 68.8 Å². The van der Waals surface area contributed by atoms with Crippen molar-refractivity contribution in [2.75, 3.05) is 46.8 Å². The van der Waals surface area contributed by atoms with Crippen LogP contribution >= 0.6 is 0 Å². The Balaban J connectivity index is 2.27. The van der Waals surface area contributed by atoms with Crippen LogP contribution in [0.25, 0.3) is 0 Å². The van der Waals surface area contributed by atoms with Gasteiger partial charge in [-0.05, 0) is 56.6 Å². The molecule has 3 N–H and O–H groups in total. The van der Waals surface area contributed by atoms with Crippen molar-refractivity contribution in [3.63, 3.8) is 0 Å². The minimum absolute atomic E-state index is 0.0537. The van der Waals surface area contributed by atoms with Gasteiger partial charge in [-0.3, -0.25) is 9.79 Å². The van der Waals surface area contributed by atoms with Gasteiger partial charge in [0, 0.05) is 32.7 Å². The fraction of sp³-hybridized carbons (Fsp3) is 0.600. The van der Waals surface area contributed by atoms with Crippen LogP contribution in [0.5, 0.6) is 0 Å². The van der Waals surface area contributed by atoms with E-state index in [1.54, 1.807) is 14.1 Å². The zero-order valence-corrected chi connectivity index (χ0v) is 16.8. The van der Waals surface area contributed by atoms with Crippen molar-refractivity contribution in [3.05, 3.63) is 35.4 Å². The van der Waals surface area contributed by atoms with E-state index in [0.717, 1.165) is 57.1 Å². The predicted octanol–water partition coefficient (Wildman–Crippen LogP) is 1.88. The second kappa shape index (κ2) is 13.2. The van der Waals surface area contributed by atoms with Crippen LogP contribution in [0, 0.1) is 0 Å². The van der Waals surface area contributed by atoms with Gasteiger partial charge in [0.05, 0.1) is 0 Å². The van der Waals surface area contributed by atoms with E-state index in [0.29, 0.717) is 5.56 Å². The van der Waals surface area contributed by atoms with Gasteiger partial charge in [-0.2, -0.15) is 0 Å². The lowest BCUT2D eigenvalue weighted by Crippen LogP contribution is -2.39. The molecule has 0 radical (unpaired) electrons. The first-order valence-corrected chi connectivity index (χ1v) is 9.62. The molecule has 146 valence electrons. The van der Waals surface area contributed by atoms with Crippen molar-refractivity contribution in [2.24, 2.45) is 4.99 Å². The highest BCUT2D eigenvalue weighted by Crippen LogP contribution is 2.05. The molecule has 26 heavy (non-hydrogen) atoms. The molecule has 0 aromatic heterocycles. The van der Waals surface area contributed by atoms with Crippen LogP contribution in [0.2, 0.25) is 0 Å². The molecule has 0 saturated heterocycles. The summed E-state index contributed by atoms with van der Waals surface area (Å²) in [6, 6.07) is 7.72. The van der Waals surface area contributed by atoms with Gasteiger partial charge in [-0.15, -0.1) is 0 Å². The Hall–Kier alpha value is -2.08. The third-order valence-electron chi connectivity index (χ3n) is 4.43. The first-order chi connectivity index (χ1) is 12.6. The van der Waals surface area contributed by atoms with Gasteiger partial charge in [-0.1, -0.05) is 26.0 Å². The average molecular weight is 362 g/mol. The Morgan fingerprint density at radius 3 is 2.50 bits per heavy atom. The molecule has 1 rings (SSSR count). The average Bonchev–Trinajstić information content (AvgIpc) is 2.68. The number of guanidine groups is 1. The quantitative estimate of drug-likeness (QED) is 0.320. The van der Waals surface area contributed by atoms with Gasteiger partial charge >= 0.3 is 0 Å². The summed E-state index contributed by atoms with van der Waals surface area (Å²) in [6.45, 7) is 9.50. The van der Waals surface area contributed by atoms with Crippen molar-refractivity contribution in [1.29, 1.82) is 0 Å². The molecular formula is C20H35N5O. The lowest BCUT2D eigenvalue weighted by molar-refractivity contribution is 0.0963. The van der Waals surface area contributed by atoms with E-state index in [1.165, 1.54) is 6.42 Å². The number of nitrogens with one attached hydrogen (secondary N) is 3. The van der Waals surface area contributed by atoms with Gasteiger partial charge in [0.2, 0.25) is 0 Å². The Kier molecular flexibility index (Phi) is 11.1. The van der Waals surface area contributed by atoms with Gasteiger partial charge in [-0.25, -0.2) is 0 Å². The smallest absolute Gasteiger partial charge is 0.251 e. The van der Waals surface area contributed by atoms with Gasteiger partial charge in [0.15, 0.2) is 5.96 Å². The number of carbonyl (C=O) groups excluding carboxylic acids is 1. The van der Waals surface area contributed by atoms with Crippen LogP contribution < -0.4 is 16.0 Å². The monoisotopic (exact) mass is 361 g/mol. The molecule has 1 aromatic rings. The number of aliphatic imine (C=N–C) groups is 1. The third-order valence-corrected chi connectivity index (χ3v) is 4.43. The van der Waals surface area contributed by atoms with E-state index in [2.05, 4.69) is 39.7 Å². The summed E-state index contributed by atoms with van der Waals surface area (Å²) in [7, 11) is 3.44. The van der Waals surface area contributed by atoms with Crippen LogP contribution in [0.3, 0.4) is 0 Å². The van der Waals surface area contributed by atoms with E-state index < -0.39 is 0 Å². The van der Waals surface area contributed by atoms with E-state index >= 15 is 0 Å². The second-order valence-corrected chi connectivity index (χ2v) is 6.19. The first-order valence-electron chi connectivity index (χ1n) is 9.62. The number of rotatable bonds is 11. The third kappa shape index (κ3) is 8.34. The molecule has 0 heterocycles. The van der Waals surface area contributed by atoms with Gasteiger partial charge < -0.3 is 20.9 Å². The predicted molar refractivity (Wildman–Crippen MR) is 110 cm³/mol. The van der Waals surface area contributed by atoms with E-state index in [-0.39, 0.29) is 5.91 Å². The maximum absolute atomic E-state index is 11.7. The Morgan fingerprint density at radius 1 is 1.12 bits per heavy atom. The normalized spacial score (nSPS) is 11.5. The summed E-state index contributed by atoms with van der Waals surface area (Å²) in [5.74, 6) is 0.775. The first kappa shape index (κ1) is 22.0. The maximum atomic E-state index is 11.7. The Morgan fingerprint density at radius 2 is 1.85 bits per heavy atom. The fourth-order valence-electron chi connectivity index (χ4n) is 2.77. The number of amides is 1. The van der Waals surface area contributed by atoms with Gasteiger partial charge in [0.25, 0.3) is 5.91 Å². The lowest BCUT2D eigenvalue weighted by atomic mass is 10.1. The van der Waals surface area contributed by atoms with Crippen LogP contribution in [0.1, 0.15) is 42.6 Å². The van der Waals surface area contributed by atoms with Crippen LogP contribution in [0.4, 0.5) is 0 Å². The minimum atomic E-state index is -0.0537. The number of hydrogen-bond acceptors (Lipinski definition) is 3. The fourth-order valence-corrected chi connectivity index (χ4v) is 2.77. The molecule has 1 aromatic carbocycles. The highest BCUT2D eigenvalue weighted by molar-refractivity contribution is 5.94. The highest BCUT2D eigenvalue weighted by Gasteiger charge is 2.04. The molecule has 0 unspecified atom stereocenters. The van der Waals surface area contributed by atoms with Gasteiger partial charge in [0.1, 0.15) is 0 Å². The number of hydrogen-bond donors (Lipinski definition) is 3. The van der Waals surface area contributed by atoms with Crippen LogP contribution in [0.15, 0.2) is 29.3 Å². The van der Waals surface area contributed by atoms with Crippen LogP contribution in [-0.4, -0.2) is 63.6 Å². The molecule has 0 aliphatic carbocycles. The van der Waals surface area contributed by atoms with E-state index in [9.17, 15) is 4.79 Å². The summed E-state index contributed by atoms with van der Waals surface area (Å²) >= 11 is 0. The molecule has 0 fully saturated rings. The molecular weight excluding hydrogens is 326 g/mol. The molecule has 0 atom stereocenters. The zero-order chi connectivity index (χ0) is 19.2.